The van der Waals surface area contributed by atoms with E-state index in [0.29, 0.717) is 17.9 Å². The molecular weight excluding hydrogens is 471 g/mol. The van der Waals surface area contributed by atoms with Crippen molar-refractivity contribution in [3.8, 4) is 0 Å². The Morgan fingerprint density at radius 1 is 0.943 bits per heavy atom. The molecule has 3 aromatic carbocycles. The van der Waals surface area contributed by atoms with Crippen LogP contribution < -0.4 is 10.0 Å². The van der Waals surface area contributed by atoms with E-state index >= 15 is 0 Å². The number of anilines is 1. The monoisotopic (exact) mass is 498 g/mol. The number of amides is 1. The number of ether oxygens (including phenoxy) is 1. The lowest BCUT2D eigenvalue weighted by Crippen LogP contribution is -2.45. The summed E-state index contributed by atoms with van der Waals surface area (Å²) >= 11 is 0. The topological polar surface area (TPSA) is 102 Å². The molecule has 2 N–H and O–H groups in total. The van der Waals surface area contributed by atoms with Crippen LogP contribution in [0.25, 0.3) is 0 Å². The molecule has 0 saturated heterocycles. The lowest BCUT2D eigenvalue weighted by molar-refractivity contribution is -0.117. The van der Waals surface area contributed by atoms with E-state index in [0.717, 1.165) is 42.7 Å². The van der Waals surface area contributed by atoms with Gasteiger partial charge in [0.25, 0.3) is 0 Å². The van der Waals surface area contributed by atoms with E-state index in [1.54, 1.807) is 36.4 Å². The largest absolute Gasteiger partial charge is 0.462 e. The number of carbonyl (C=O) groups is 2. The lowest BCUT2D eigenvalue weighted by Gasteiger charge is -2.19. The Morgan fingerprint density at radius 3 is 2.23 bits per heavy atom. The van der Waals surface area contributed by atoms with Gasteiger partial charge in [0, 0.05) is 5.69 Å². The zero-order chi connectivity index (χ0) is 25.3. The number of halogens is 1. The summed E-state index contributed by atoms with van der Waals surface area (Å²) in [4.78, 5) is 25.0. The van der Waals surface area contributed by atoms with E-state index in [1.165, 1.54) is 12.1 Å². The van der Waals surface area contributed by atoms with E-state index in [-0.39, 0.29) is 11.3 Å². The first-order chi connectivity index (χ1) is 16.8. The minimum absolute atomic E-state index is 0.0922. The Bertz CT molecular complexity index is 1230. The van der Waals surface area contributed by atoms with Gasteiger partial charge in [-0.2, -0.15) is 4.72 Å². The van der Waals surface area contributed by atoms with Crippen LogP contribution >= 0.6 is 0 Å². The predicted octanol–water partition coefficient (Wildman–Crippen LogP) is 4.31. The lowest BCUT2D eigenvalue weighted by atomic mass is 10.1. The Balaban J connectivity index is 1.75. The van der Waals surface area contributed by atoms with Gasteiger partial charge in [-0.3, -0.25) is 4.79 Å². The highest BCUT2D eigenvalue weighted by atomic mass is 32.2. The van der Waals surface area contributed by atoms with Gasteiger partial charge in [0.15, 0.2) is 0 Å². The third kappa shape index (κ3) is 7.73. The zero-order valence-corrected chi connectivity index (χ0v) is 20.1. The molecule has 0 saturated carbocycles. The quantitative estimate of drug-likeness (QED) is 0.303. The Hall–Kier alpha value is -3.56. The molecule has 0 aliphatic heterocycles. The molecular formula is C26H27FN2O5S. The van der Waals surface area contributed by atoms with Crippen molar-refractivity contribution in [3.63, 3.8) is 0 Å². The Labute approximate surface area is 204 Å². The molecule has 0 spiro atoms. The fourth-order valence-corrected chi connectivity index (χ4v) is 4.41. The molecule has 0 aromatic heterocycles. The molecule has 7 nitrogen and oxygen atoms in total. The van der Waals surface area contributed by atoms with Gasteiger partial charge < -0.3 is 10.1 Å². The fraction of sp³-hybridized carbons (Fsp3) is 0.231. The third-order valence-electron chi connectivity index (χ3n) is 5.14. The van der Waals surface area contributed by atoms with Crippen LogP contribution in [0.5, 0.6) is 0 Å². The van der Waals surface area contributed by atoms with E-state index < -0.39 is 33.8 Å². The van der Waals surface area contributed by atoms with Crippen LogP contribution in [0.15, 0.2) is 83.8 Å². The molecule has 0 bridgehead atoms. The molecule has 9 heteroatoms. The van der Waals surface area contributed by atoms with Crippen LogP contribution in [0.1, 0.15) is 35.7 Å². The van der Waals surface area contributed by atoms with Crippen molar-refractivity contribution in [2.75, 3.05) is 11.9 Å². The number of hydrogen-bond donors (Lipinski definition) is 2. The van der Waals surface area contributed by atoms with Gasteiger partial charge in [-0.1, -0.05) is 43.7 Å². The highest BCUT2D eigenvalue weighted by Crippen LogP contribution is 2.15. The van der Waals surface area contributed by atoms with Gasteiger partial charge in [-0.25, -0.2) is 17.6 Å². The van der Waals surface area contributed by atoms with Crippen molar-refractivity contribution >= 4 is 27.6 Å². The first-order valence-electron chi connectivity index (χ1n) is 11.2. The first kappa shape index (κ1) is 26.1. The molecule has 0 aliphatic rings. The molecule has 3 rings (SSSR count). The third-order valence-corrected chi connectivity index (χ3v) is 6.63. The van der Waals surface area contributed by atoms with Crippen LogP contribution in [0.2, 0.25) is 0 Å². The van der Waals surface area contributed by atoms with Crippen molar-refractivity contribution in [1.29, 1.82) is 0 Å². The van der Waals surface area contributed by atoms with E-state index in [2.05, 4.69) is 10.0 Å². The number of unbranched alkanes of at least 4 members (excludes halogenated alkanes) is 1. The average molecular weight is 499 g/mol. The summed E-state index contributed by atoms with van der Waals surface area (Å²) in [5, 5.41) is 2.69. The molecule has 0 fully saturated rings. The number of esters is 1. The van der Waals surface area contributed by atoms with Crippen molar-refractivity contribution < 1.29 is 27.1 Å². The van der Waals surface area contributed by atoms with Crippen LogP contribution in [-0.2, 0) is 26.0 Å². The minimum Gasteiger partial charge on any atom is -0.462 e. The van der Waals surface area contributed by atoms with Crippen molar-refractivity contribution in [1.82, 2.24) is 4.72 Å². The second kappa shape index (κ2) is 12.2. The van der Waals surface area contributed by atoms with Gasteiger partial charge >= 0.3 is 5.97 Å². The fourth-order valence-electron chi connectivity index (χ4n) is 3.22. The summed E-state index contributed by atoms with van der Waals surface area (Å²) in [5.74, 6) is -1.61. The highest BCUT2D eigenvalue weighted by molar-refractivity contribution is 7.89. The number of benzene rings is 3. The first-order valence-corrected chi connectivity index (χ1v) is 12.7. The van der Waals surface area contributed by atoms with E-state index in [4.69, 9.17) is 4.74 Å². The summed E-state index contributed by atoms with van der Waals surface area (Å²) < 4.78 is 46.6. The molecule has 35 heavy (non-hydrogen) atoms. The number of carbonyl (C=O) groups excluding carboxylic acids is 2. The molecule has 1 unspecified atom stereocenters. The molecule has 0 heterocycles. The van der Waals surface area contributed by atoms with Crippen molar-refractivity contribution in [2.24, 2.45) is 0 Å². The molecule has 184 valence electrons. The molecule has 1 atom stereocenters. The van der Waals surface area contributed by atoms with Crippen LogP contribution in [0.3, 0.4) is 0 Å². The van der Waals surface area contributed by atoms with Gasteiger partial charge in [0.05, 0.1) is 17.1 Å². The maximum absolute atomic E-state index is 13.2. The molecule has 1 amide bonds. The number of nitrogens with one attached hydrogen (secondary N) is 2. The summed E-state index contributed by atoms with van der Waals surface area (Å²) in [6.07, 6.45) is 1.78. The standard InChI is InChI=1S/C26H27FN2O5S/c1-2-3-17-34-26(31)20-9-13-22(14-10-20)28-25(30)24(18-19-7-5-4-6-8-19)29-35(32,33)23-15-11-21(27)12-16-23/h4-16,24,29H,2-3,17-18H2,1H3,(H,28,30). The van der Waals surface area contributed by atoms with Crippen LogP contribution in [0.4, 0.5) is 10.1 Å². The van der Waals surface area contributed by atoms with Crippen LogP contribution in [-0.4, -0.2) is 32.9 Å². The van der Waals surface area contributed by atoms with Gasteiger partial charge in [0.1, 0.15) is 11.9 Å². The number of hydrogen-bond acceptors (Lipinski definition) is 5. The van der Waals surface area contributed by atoms with Gasteiger partial charge in [-0.05, 0) is 66.9 Å². The predicted molar refractivity (Wildman–Crippen MR) is 131 cm³/mol. The van der Waals surface area contributed by atoms with Gasteiger partial charge in [-0.15, -0.1) is 0 Å². The van der Waals surface area contributed by atoms with Crippen molar-refractivity contribution in [2.45, 2.75) is 37.1 Å². The molecule has 0 radical (unpaired) electrons. The maximum atomic E-state index is 13.2. The maximum Gasteiger partial charge on any atom is 0.338 e. The minimum atomic E-state index is -4.10. The highest BCUT2D eigenvalue weighted by Gasteiger charge is 2.26. The Kier molecular flexibility index (Phi) is 9.11. The summed E-state index contributed by atoms with van der Waals surface area (Å²) in [5.41, 5.74) is 1.48. The smallest absolute Gasteiger partial charge is 0.338 e. The number of rotatable bonds is 11. The second-order valence-corrected chi connectivity index (χ2v) is 9.59. The van der Waals surface area contributed by atoms with Crippen LogP contribution in [0, 0.1) is 5.82 Å². The average Bonchev–Trinajstić information content (AvgIpc) is 2.85. The van der Waals surface area contributed by atoms with E-state index in [1.807, 2.05) is 13.0 Å². The SMILES string of the molecule is CCCCOC(=O)c1ccc(NC(=O)C(Cc2ccccc2)NS(=O)(=O)c2ccc(F)cc2)cc1. The molecule has 3 aromatic rings. The number of sulfonamides is 1. The molecule has 0 aliphatic carbocycles. The summed E-state index contributed by atoms with van der Waals surface area (Å²) in [7, 11) is -4.10. The summed E-state index contributed by atoms with van der Waals surface area (Å²) in [6.45, 7) is 2.33. The van der Waals surface area contributed by atoms with Gasteiger partial charge in [0.2, 0.25) is 15.9 Å². The zero-order valence-electron chi connectivity index (χ0n) is 19.2. The van der Waals surface area contributed by atoms with E-state index in [9.17, 15) is 22.4 Å². The Morgan fingerprint density at radius 2 is 1.60 bits per heavy atom. The second-order valence-electron chi connectivity index (χ2n) is 7.87. The van der Waals surface area contributed by atoms with Crippen molar-refractivity contribution in [3.05, 3.63) is 95.8 Å². The summed E-state index contributed by atoms with van der Waals surface area (Å²) in [6, 6.07) is 18.3. The normalized spacial score (nSPS) is 12.1.